The molecule has 35 heavy (non-hydrogen) atoms. The van der Waals surface area contributed by atoms with Crippen molar-refractivity contribution < 1.29 is 9.72 Å². The minimum absolute atomic E-state index is 0.0108. The third-order valence-corrected chi connectivity index (χ3v) is 6.84. The summed E-state index contributed by atoms with van der Waals surface area (Å²) in [7, 11) is 4.08. The lowest BCUT2D eigenvalue weighted by atomic mass is 9.86. The molecule has 1 fully saturated rings. The molecular weight excluding hydrogens is 444 g/mol. The lowest BCUT2D eigenvalue weighted by Crippen LogP contribution is -2.33. The first-order valence-corrected chi connectivity index (χ1v) is 12.4. The van der Waals surface area contributed by atoms with Crippen LogP contribution in [0.4, 0.5) is 17.5 Å². The highest BCUT2D eigenvalue weighted by atomic mass is 16.6. The van der Waals surface area contributed by atoms with Crippen molar-refractivity contribution in [3.8, 4) is 0 Å². The lowest BCUT2D eigenvalue weighted by molar-refractivity contribution is -0.384. The summed E-state index contributed by atoms with van der Waals surface area (Å²) in [6, 6.07) is 6.57. The second kappa shape index (κ2) is 11.3. The normalized spacial score (nSPS) is 19.7. The van der Waals surface area contributed by atoms with Gasteiger partial charge in [0.1, 0.15) is 5.82 Å². The van der Waals surface area contributed by atoms with Crippen molar-refractivity contribution >= 4 is 29.4 Å². The first kappa shape index (κ1) is 24.6. The molecule has 2 aliphatic rings. The minimum atomic E-state index is -0.443. The summed E-state index contributed by atoms with van der Waals surface area (Å²) in [6.07, 6.45) is 11.6. The van der Waals surface area contributed by atoms with Gasteiger partial charge in [0, 0.05) is 50.5 Å². The fourth-order valence-corrected chi connectivity index (χ4v) is 4.92. The van der Waals surface area contributed by atoms with Gasteiger partial charge >= 0.3 is 0 Å². The van der Waals surface area contributed by atoms with E-state index in [0.717, 1.165) is 50.3 Å². The zero-order valence-corrected chi connectivity index (χ0v) is 20.5. The highest BCUT2D eigenvalue weighted by Gasteiger charge is 2.24. The number of nitro groups is 1. The number of fused-ring (bicyclic) bond motifs is 1. The molecule has 9 heteroatoms. The molecule has 0 bridgehead atoms. The molecule has 1 aromatic carbocycles. The van der Waals surface area contributed by atoms with Crippen LogP contribution in [-0.4, -0.2) is 47.5 Å². The van der Waals surface area contributed by atoms with Crippen LogP contribution >= 0.6 is 0 Å². The predicted molar refractivity (Wildman–Crippen MR) is 138 cm³/mol. The Morgan fingerprint density at radius 3 is 2.69 bits per heavy atom. The van der Waals surface area contributed by atoms with Crippen LogP contribution in [0.25, 0.3) is 6.08 Å². The number of amides is 1. The Morgan fingerprint density at radius 2 is 1.94 bits per heavy atom. The number of carbonyl (C=O) groups is 1. The van der Waals surface area contributed by atoms with Gasteiger partial charge in [-0.3, -0.25) is 14.9 Å². The Kier molecular flexibility index (Phi) is 7.94. The van der Waals surface area contributed by atoms with E-state index in [0.29, 0.717) is 24.1 Å². The number of nitro benzene ring substituents is 1. The topological polar surface area (TPSA) is 113 Å². The molecule has 186 valence electrons. The van der Waals surface area contributed by atoms with E-state index in [-0.39, 0.29) is 11.6 Å². The number of hydrogen-bond acceptors (Lipinski definition) is 7. The summed E-state index contributed by atoms with van der Waals surface area (Å²) < 4.78 is 0. The van der Waals surface area contributed by atoms with E-state index in [1.54, 1.807) is 18.2 Å². The van der Waals surface area contributed by atoms with Gasteiger partial charge in [-0.1, -0.05) is 12.1 Å². The highest BCUT2D eigenvalue weighted by Crippen LogP contribution is 2.30. The van der Waals surface area contributed by atoms with Crippen LogP contribution in [0.1, 0.15) is 55.3 Å². The number of aromatic nitrogens is 2. The molecule has 9 nitrogen and oxygen atoms in total. The molecule has 0 atom stereocenters. The molecule has 0 saturated heterocycles. The molecule has 2 N–H and O–H groups in total. The quantitative estimate of drug-likeness (QED) is 0.333. The van der Waals surface area contributed by atoms with Crippen molar-refractivity contribution in [3.63, 3.8) is 0 Å². The molecule has 2 aliphatic carbocycles. The maximum atomic E-state index is 12.2. The summed E-state index contributed by atoms with van der Waals surface area (Å²) >= 11 is 0. The largest absolute Gasteiger partial charge is 0.362 e. The zero-order chi connectivity index (χ0) is 24.8. The molecule has 1 amide bonds. The molecule has 0 unspecified atom stereocenters. The van der Waals surface area contributed by atoms with Gasteiger partial charge in [-0.2, -0.15) is 4.98 Å². The number of rotatable bonds is 8. The zero-order valence-electron chi connectivity index (χ0n) is 20.5. The Morgan fingerprint density at radius 1 is 1.17 bits per heavy atom. The van der Waals surface area contributed by atoms with Gasteiger partial charge in [-0.15, -0.1) is 0 Å². The highest BCUT2D eigenvalue weighted by molar-refractivity contribution is 5.91. The first-order valence-electron chi connectivity index (χ1n) is 12.4. The molecule has 0 spiro atoms. The number of benzene rings is 1. The van der Waals surface area contributed by atoms with Crippen LogP contribution in [0.5, 0.6) is 0 Å². The Bertz CT molecular complexity index is 1090. The van der Waals surface area contributed by atoms with Crippen molar-refractivity contribution in [3.05, 3.63) is 57.3 Å². The average Bonchev–Trinajstić information content (AvgIpc) is 2.86. The number of anilines is 2. The molecule has 1 saturated carbocycles. The number of nitrogens with one attached hydrogen (secondary N) is 2. The molecule has 0 aliphatic heterocycles. The summed E-state index contributed by atoms with van der Waals surface area (Å²) in [4.78, 5) is 34.4. The van der Waals surface area contributed by atoms with Gasteiger partial charge in [-0.05, 0) is 68.9 Å². The van der Waals surface area contributed by atoms with Gasteiger partial charge in [0.15, 0.2) is 0 Å². The van der Waals surface area contributed by atoms with E-state index >= 15 is 0 Å². The number of aryl methyl sites for hydroxylation is 1. The number of nitrogens with zero attached hydrogens (tertiary/aromatic N) is 4. The van der Waals surface area contributed by atoms with E-state index in [1.165, 1.54) is 42.3 Å². The van der Waals surface area contributed by atoms with E-state index in [1.807, 2.05) is 14.1 Å². The summed E-state index contributed by atoms with van der Waals surface area (Å²) in [5, 5.41) is 17.4. The van der Waals surface area contributed by atoms with Crippen LogP contribution in [0, 0.1) is 16.0 Å². The van der Waals surface area contributed by atoms with Crippen molar-refractivity contribution in [1.82, 2.24) is 15.3 Å². The van der Waals surface area contributed by atoms with Gasteiger partial charge in [0.2, 0.25) is 11.9 Å². The van der Waals surface area contributed by atoms with E-state index in [2.05, 4.69) is 15.5 Å². The second-order valence-corrected chi connectivity index (χ2v) is 9.69. The van der Waals surface area contributed by atoms with Gasteiger partial charge in [0.25, 0.3) is 5.69 Å². The summed E-state index contributed by atoms with van der Waals surface area (Å²) in [6.45, 7) is 0.630. The van der Waals surface area contributed by atoms with Crippen molar-refractivity contribution in [2.75, 3.05) is 30.9 Å². The van der Waals surface area contributed by atoms with Crippen molar-refractivity contribution in [2.24, 2.45) is 5.92 Å². The van der Waals surface area contributed by atoms with Crippen LogP contribution in [-0.2, 0) is 17.6 Å². The lowest BCUT2D eigenvalue weighted by Gasteiger charge is -2.30. The molecule has 4 rings (SSSR count). The fraction of sp³-hybridized carbons (Fsp3) is 0.500. The third kappa shape index (κ3) is 6.55. The minimum Gasteiger partial charge on any atom is -0.362 e. The van der Waals surface area contributed by atoms with Crippen LogP contribution in [0.15, 0.2) is 30.3 Å². The van der Waals surface area contributed by atoms with Crippen LogP contribution in [0.2, 0.25) is 0 Å². The van der Waals surface area contributed by atoms with Gasteiger partial charge in [0.05, 0.1) is 10.6 Å². The van der Waals surface area contributed by atoms with E-state index in [4.69, 9.17) is 9.97 Å². The predicted octanol–water partition coefficient (Wildman–Crippen LogP) is 4.13. The van der Waals surface area contributed by atoms with Crippen LogP contribution in [0.3, 0.4) is 0 Å². The number of non-ortho nitro benzene ring substituents is 1. The number of hydrogen-bond donors (Lipinski definition) is 2. The monoisotopic (exact) mass is 478 g/mol. The maximum absolute atomic E-state index is 12.2. The number of carbonyl (C=O) groups excluding carboxylic acids is 1. The van der Waals surface area contributed by atoms with Crippen molar-refractivity contribution in [2.45, 2.75) is 57.4 Å². The molecular formula is C26H34N6O3. The van der Waals surface area contributed by atoms with E-state index in [9.17, 15) is 14.9 Å². The fourth-order valence-electron chi connectivity index (χ4n) is 4.92. The van der Waals surface area contributed by atoms with E-state index < -0.39 is 4.92 Å². The second-order valence-electron chi connectivity index (χ2n) is 9.69. The third-order valence-electron chi connectivity index (χ3n) is 6.84. The average molecular weight is 479 g/mol. The SMILES string of the molecule is CN(C)c1nc(N[C@H]2CC[C@@H](CNC(=O)C=Cc3cccc([N+](=O)[O-])c3)CC2)nc2c1CCCC2. The van der Waals surface area contributed by atoms with Gasteiger partial charge < -0.3 is 15.5 Å². The summed E-state index contributed by atoms with van der Waals surface area (Å²) in [5.41, 5.74) is 3.12. The standard InChI is InChI=1S/C26H34N6O3/c1-31(2)25-22-8-3-4-9-23(22)29-26(30-25)28-20-13-10-19(11-14-20)17-27-24(33)15-12-18-6-5-7-21(16-18)32(34)35/h5-7,12,15-16,19-20H,3-4,8-11,13-14,17H2,1-2H3,(H,27,33)(H,28,29,30)/t19-,20+. The smallest absolute Gasteiger partial charge is 0.270 e. The molecule has 2 aromatic rings. The van der Waals surface area contributed by atoms with Crippen molar-refractivity contribution in [1.29, 1.82) is 0 Å². The Labute approximate surface area is 206 Å². The molecule has 1 heterocycles. The van der Waals surface area contributed by atoms with Gasteiger partial charge in [-0.25, -0.2) is 4.98 Å². The maximum Gasteiger partial charge on any atom is 0.270 e. The molecule has 1 aromatic heterocycles. The van der Waals surface area contributed by atoms with Crippen LogP contribution < -0.4 is 15.5 Å². The first-order chi connectivity index (χ1) is 16.9. The Hall–Kier alpha value is -3.49. The Balaban J connectivity index is 1.24. The summed E-state index contributed by atoms with van der Waals surface area (Å²) in [5.74, 6) is 2.02. The molecule has 0 radical (unpaired) electrons.